The van der Waals surface area contributed by atoms with Crippen molar-refractivity contribution in [3.63, 3.8) is 0 Å². The van der Waals surface area contributed by atoms with Gasteiger partial charge in [0.25, 0.3) is 0 Å². The molecule has 7 aromatic carbocycles. The number of aromatic nitrogens is 1. The summed E-state index contributed by atoms with van der Waals surface area (Å²) < 4.78 is 2.36. The van der Waals surface area contributed by atoms with Crippen LogP contribution in [-0.4, -0.2) is 10.5 Å². The number of aliphatic imine (C=N–C) groups is 1. The van der Waals surface area contributed by atoms with Crippen LogP contribution < -0.4 is 14.7 Å². The minimum absolute atomic E-state index is 0.744. The maximum atomic E-state index is 5.32. The molecule has 5 heteroatoms. The van der Waals surface area contributed by atoms with Crippen molar-refractivity contribution in [2.75, 3.05) is 14.7 Å². The van der Waals surface area contributed by atoms with Gasteiger partial charge in [-0.2, -0.15) is 0 Å². The summed E-state index contributed by atoms with van der Waals surface area (Å²) in [5, 5.41) is 2.44. The van der Waals surface area contributed by atoms with Crippen molar-refractivity contribution in [1.82, 2.24) is 4.57 Å². The summed E-state index contributed by atoms with van der Waals surface area (Å²) >= 11 is 0. The SMILES string of the molecule is c1ccc(N(c2ccccc2)c2ccc3c(c2)N2Cc4ccccc4N=C2N3c2ccc3c(c2)c2ccccc2n3-c2ccccc2)cc1. The third-order valence-electron chi connectivity index (χ3n) is 9.69. The van der Waals surface area contributed by atoms with E-state index in [0.717, 1.165) is 58.0 Å². The molecule has 8 aromatic rings. The highest BCUT2D eigenvalue weighted by atomic mass is 15.4. The van der Waals surface area contributed by atoms with Gasteiger partial charge in [0.15, 0.2) is 0 Å². The zero-order valence-electron chi connectivity index (χ0n) is 26.7. The van der Waals surface area contributed by atoms with E-state index in [-0.39, 0.29) is 0 Å². The Hall–Kier alpha value is -6.59. The van der Waals surface area contributed by atoms with E-state index in [4.69, 9.17) is 4.99 Å². The van der Waals surface area contributed by atoms with Gasteiger partial charge < -0.3 is 14.4 Å². The van der Waals surface area contributed by atoms with E-state index in [9.17, 15) is 0 Å². The Bertz CT molecular complexity index is 2500. The van der Waals surface area contributed by atoms with E-state index in [1.54, 1.807) is 0 Å². The second-order valence-corrected chi connectivity index (χ2v) is 12.5. The molecule has 232 valence electrons. The second-order valence-electron chi connectivity index (χ2n) is 12.5. The van der Waals surface area contributed by atoms with Crippen LogP contribution in [0.15, 0.2) is 181 Å². The molecular weight excluding hydrogens is 599 g/mol. The number of hydrogen-bond acceptors (Lipinski definition) is 4. The van der Waals surface area contributed by atoms with Gasteiger partial charge in [0.1, 0.15) is 0 Å². The van der Waals surface area contributed by atoms with Crippen LogP contribution >= 0.6 is 0 Å². The number of rotatable bonds is 5. The Morgan fingerprint density at radius 3 is 1.90 bits per heavy atom. The van der Waals surface area contributed by atoms with Crippen molar-refractivity contribution in [1.29, 1.82) is 0 Å². The Kier molecular flexibility index (Phi) is 6.18. The summed E-state index contributed by atoms with van der Waals surface area (Å²) in [7, 11) is 0. The van der Waals surface area contributed by atoms with Gasteiger partial charge in [0.05, 0.1) is 34.6 Å². The lowest BCUT2D eigenvalue weighted by molar-refractivity contribution is 0.985. The van der Waals surface area contributed by atoms with Crippen LogP contribution in [-0.2, 0) is 6.54 Å². The molecule has 5 nitrogen and oxygen atoms in total. The van der Waals surface area contributed by atoms with Gasteiger partial charge >= 0.3 is 0 Å². The lowest BCUT2D eigenvalue weighted by Crippen LogP contribution is -2.37. The Labute approximate surface area is 284 Å². The van der Waals surface area contributed by atoms with Gasteiger partial charge in [-0.25, -0.2) is 4.99 Å². The number of anilines is 6. The van der Waals surface area contributed by atoms with E-state index in [2.05, 4.69) is 195 Å². The highest BCUT2D eigenvalue weighted by Gasteiger charge is 2.37. The number of fused-ring (bicyclic) bond motifs is 7. The molecule has 0 fully saturated rings. The summed E-state index contributed by atoms with van der Waals surface area (Å²) in [4.78, 5) is 12.3. The summed E-state index contributed by atoms with van der Waals surface area (Å²) in [6.45, 7) is 0.744. The molecule has 0 atom stereocenters. The van der Waals surface area contributed by atoms with Crippen molar-refractivity contribution in [3.05, 3.63) is 181 Å². The lowest BCUT2D eigenvalue weighted by Gasteiger charge is -2.28. The monoisotopic (exact) mass is 629 g/mol. The average Bonchev–Trinajstić information content (AvgIpc) is 3.67. The van der Waals surface area contributed by atoms with Gasteiger partial charge in [0, 0.05) is 39.2 Å². The maximum Gasteiger partial charge on any atom is 0.216 e. The van der Waals surface area contributed by atoms with E-state index < -0.39 is 0 Å². The highest BCUT2D eigenvalue weighted by molar-refractivity contribution is 6.23. The molecule has 2 aliphatic heterocycles. The van der Waals surface area contributed by atoms with Crippen LogP contribution in [0.5, 0.6) is 0 Å². The predicted molar refractivity (Wildman–Crippen MR) is 204 cm³/mol. The fourth-order valence-electron chi connectivity index (χ4n) is 7.50. The molecular formula is C44H31N5. The quantitative estimate of drug-likeness (QED) is 0.190. The third kappa shape index (κ3) is 4.36. The van der Waals surface area contributed by atoms with Crippen LogP contribution in [0.2, 0.25) is 0 Å². The first-order valence-corrected chi connectivity index (χ1v) is 16.7. The first-order chi connectivity index (χ1) is 24.3. The average molecular weight is 630 g/mol. The van der Waals surface area contributed by atoms with Gasteiger partial charge in [-0.1, -0.05) is 91.0 Å². The summed E-state index contributed by atoms with van der Waals surface area (Å²) in [6.07, 6.45) is 0. The molecule has 0 spiro atoms. The van der Waals surface area contributed by atoms with Crippen LogP contribution in [0.4, 0.5) is 39.8 Å². The third-order valence-corrected chi connectivity index (χ3v) is 9.69. The molecule has 0 saturated carbocycles. The molecule has 0 unspecified atom stereocenters. The molecule has 49 heavy (non-hydrogen) atoms. The lowest BCUT2D eigenvalue weighted by atomic mass is 10.1. The van der Waals surface area contributed by atoms with Crippen molar-refractivity contribution >= 4 is 67.6 Å². The fourth-order valence-corrected chi connectivity index (χ4v) is 7.50. The topological polar surface area (TPSA) is 27.0 Å². The number of benzene rings is 7. The Morgan fingerprint density at radius 1 is 0.469 bits per heavy atom. The molecule has 0 bridgehead atoms. The van der Waals surface area contributed by atoms with E-state index in [1.165, 1.54) is 27.4 Å². The van der Waals surface area contributed by atoms with Crippen molar-refractivity contribution in [2.24, 2.45) is 4.99 Å². The zero-order chi connectivity index (χ0) is 32.3. The summed E-state index contributed by atoms with van der Waals surface area (Å²) in [5.74, 6) is 0.919. The van der Waals surface area contributed by atoms with Crippen LogP contribution in [0.25, 0.3) is 27.5 Å². The Balaban J connectivity index is 1.17. The van der Waals surface area contributed by atoms with Gasteiger partial charge in [-0.3, -0.25) is 4.90 Å². The van der Waals surface area contributed by atoms with Gasteiger partial charge in [-0.05, 0) is 90.5 Å². The van der Waals surface area contributed by atoms with Crippen molar-refractivity contribution < 1.29 is 0 Å². The first-order valence-electron chi connectivity index (χ1n) is 16.7. The Morgan fingerprint density at radius 2 is 1.12 bits per heavy atom. The van der Waals surface area contributed by atoms with E-state index in [1.807, 2.05) is 0 Å². The standard InChI is InChI=1S/C44H31N5/c1-4-15-32(16-5-1)47(33-17-6-2-7-18-33)36-25-27-42-43(29-36)46-30-31-14-10-12-22-39(31)45-44(46)49(42)35-24-26-41-38(28-35)37-21-11-13-23-40(37)48(41)34-19-8-3-9-20-34/h1-29H,30H2. The molecule has 0 amide bonds. The minimum atomic E-state index is 0.744. The largest absolute Gasteiger partial charge is 0.310 e. The molecule has 3 heterocycles. The molecule has 0 N–H and O–H groups in total. The second kappa shape index (κ2) is 11.0. The smallest absolute Gasteiger partial charge is 0.216 e. The van der Waals surface area contributed by atoms with Gasteiger partial charge in [-0.15, -0.1) is 0 Å². The van der Waals surface area contributed by atoms with Crippen LogP contribution in [0, 0.1) is 0 Å². The summed E-state index contributed by atoms with van der Waals surface area (Å²) in [5.41, 5.74) is 12.4. The van der Waals surface area contributed by atoms with Crippen LogP contribution in [0.3, 0.4) is 0 Å². The van der Waals surface area contributed by atoms with Crippen molar-refractivity contribution in [3.8, 4) is 5.69 Å². The molecule has 0 saturated heterocycles. The summed E-state index contributed by atoms with van der Waals surface area (Å²) in [6, 6.07) is 62.6. The molecule has 1 aromatic heterocycles. The van der Waals surface area contributed by atoms with E-state index in [0.29, 0.717) is 0 Å². The molecule has 10 rings (SSSR count). The number of hydrogen-bond donors (Lipinski definition) is 0. The van der Waals surface area contributed by atoms with Crippen LogP contribution in [0.1, 0.15) is 5.56 Å². The predicted octanol–water partition coefficient (Wildman–Crippen LogP) is 11.4. The zero-order valence-corrected chi connectivity index (χ0v) is 26.7. The van der Waals surface area contributed by atoms with Gasteiger partial charge in [0.2, 0.25) is 5.96 Å². The molecule has 2 aliphatic rings. The number of guanidine groups is 1. The highest BCUT2D eigenvalue weighted by Crippen LogP contribution is 2.49. The minimum Gasteiger partial charge on any atom is -0.310 e. The number of para-hydroxylation sites is 5. The first kappa shape index (κ1) is 27.5. The maximum absolute atomic E-state index is 5.32. The number of nitrogens with zero attached hydrogens (tertiary/aromatic N) is 5. The molecule has 0 aliphatic carbocycles. The van der Waals surface area contributed by atoms with Crippen molar-refractivity contribution in [2.45, 2.75) is 6.54 Å². The normalized spacial score (nSPS) is 13.3. The fraction of sp³-hybridized carbons (Fsp3) is 0.0227. The van der Waals surface area contributed by atoms with E-state index >= 15 is 0 Å². The molecule has 0 radical (unpaired) electrons.